The van der Waals surface area contributed by atoms with Crippen molar-refractivity contribution in [3.63, 3.8) is 0 Å². The van der Waals surface area contributed by atoms with Crippen LogP contribution in [-0.2, 0) is 0 Å². The van der Waals surface area contributed by atoms with Gasteiger partial charge in [0.2, 0.25) is 0 Å². The van der Waals surface area contributed by atoms with Gasteiger partial charge >= 0.3 is 0 Å². The van der Waals surface area contributed by atoms with Crippen LogP contribution in [0.4, 0.5) is 0 Å². The lowest BCUT2D eigenvalue weighted by Gasteiger charge is -2.29. The Bertz CT molecular complexity index is 578. The highest BCUT2D eigenvalue weighted by Gasteiger charge is 2.35. The van der Waals surface area contributed by atoms with Crippen molar-refractivity contribution < 1.29 is 4.74 Å². The molecule has 2 aliphatic rings. The maximum atomic E-state index is 5.91. The minimum Gasteiger partial charge on any atom is -0.493 e. The van der Waals surface area contributed by atoms with Crippen molar-refractivity contribution in [2.75, 3.05) is 19.7 Å². The van der Waals surface area contributed by atoms with E-state index in [4.69, 9.17) is 4.74 Å². The fraction of sp³-hybridized carbons (Fsp3) is 0.333. The molecule has 2 atom stereocenters. The SMILES string of the molecule is c1ccc2c3c(ccc2c1)OC[C@H]1CNC[C@@H]31. The van der Waals surface area contributed by atoms with E-state index in [2.05, 4.69) is 41.7 Å². The lowest BCUT2D eigenvalue weighted by atomic mass is 9.84. The van der Waals surface area contributed by atoms with E-state index in [0.717, 1.165) is 25.4 Å². The topological polar surface area (TPSA) is 21.3 Å². The van der Waals surface area contributed by atoms with Gasteiger partial charge in [-0.3, -0.25) is 0 Å². The number of hydrogen-bond donors (Lipinski definition) is 1. The van der Waals surface area contributed by atoms with Crippen LogP contribution in [-0.4, -0.2) is 19.7 Å². The Morgan fingerprint density at radius 3 is 3.00 bits per heavy atom. The Balaban J connectivity index is 2.01. The largest absolute Gasteiger partial charge is 0.493 e. The molecule has 1 fully saturated rings. The van der Waals surface area contributed by atoms with Crippen molar-refractivity contribution in [1.82, 2.24) is 5.32 Å². The molecule has 2 nitrogen and oxygen atoms in total. The molecule has 1 N–H and O–H groups in total. The van der Waals surface area contributed by atoms with E-state index in [1.807, 2.05) is 0 Å². The molecule has 2 heteroatoms. The van der Waals surface area contributed by atoms with Crippen LogP contribution in [0.2, 0.25) is 0 Å². The Morgan fingerprint density at radius 2 is 2.00 bits per heavy atom. The van der Waals surface area contributed by atoms with Crippen LogP contribution in [0.25, 0.3) is 10.8 Å². The third-order valence-corrected chi connectivity index (χ3v) is 4.09. The van der Waals surface area contributed by atoms with E-state index in [-0.39, 0.29) is 0 Å². The zero-order chi connectivity index (χ0) is 11.2. The standard InChI is InChI=1S/C15H15NO/c1-2-4-12-10(3-1)5-6-14-15(12)13-8-16-7-11(13)9-17-14/h1-6,11,13,16H,7-9H2/t11-,13-/m1/s1. The maximum Gasteiger partial charge on any atom is 0.123 e. The predicted octanol–water partition coefficient (Wildman–Crippen LogP) is 2.54. The summed E-state index contributed by atoms with van der Waals surface area (Å²) in [4.78, 5) is 0. The van der Waals surface area contributed by atoms with Gasteiger partial charge in [0.1, 0.15) is 5.75 Å². The molecule has 0 radical (unpaired) electrons. The number of hydrogen-bond acceptors (Lipinski definition) is 2. The molecule has 2 aromatic carbocycles. The Hall–Kier alpha value is -1.54. The van der Waals surface area contributed by atoms with Gasteiger partial charge in [-0.1, -0.05) is 30.3 Å². The van der Waals surface area contributed by atoms with E-state index in [0.29, 0.717) is 11.8 Å². The summed E-state index contributed by atoms with van der Waals surface area (Å²) in [5.41, 5.74) is 1.42. The van der Waals surface area contributed by atoms with Crippen LogP contribution in [0.5, 0.6) is 5.75 Å². The summed E-state index contributed by atoms with van der Waals surface area (Å²) in [6.45, 7) is 3.05. The molecule has 2 aromatic rings. The summed E-state index contributed by atoms with van der Waals surface area (Å²) >= 11 is 0. The summed E-state index contributed by atoms with van der Waals surface area (Å²) in [5.74, 6) is 2.37. The third-order valence-electron chi connectivity index (χ3n) is 4.09. The molecule has 2 aliphatic heterocycles. The molecule has 0 bridgehead atoms. The molecule has 0 amide bonds. The quantitative estimate of drug-likeness (QED) is 0.744. The summed E-state index contributed by atoms with van der Waals surface area (Å²) in [7, 11) is 0. The molecular formula is C15H15NO. The molecule has 0 unspecified atom stereocenters. The first-order valence-electron chi connectivity index (χ1n) is 6.28. The smallest absolute Gasteiger partial charge is 0.123 e. The molecule has 2 heterocycles. The highest BCUT2D eigenvalue weighted by molar-refractivity contribution is 5.88. The van der Waals surface area contributed by atoms with Gasteiger partial charge < -0.3 is 10.1 Å². The van der Waals surface area contributed by atoms with Crippen LogP contribution < -0.4 is 10.1 Å². The fourth-order valence-corrected chi connectivity index (χ4v) is 3.23. The zero-order valence-electron chi connectivity index (χ0n) is 9.65. The fourth-order valence-electron chi connectivity index (χ4n) is 3.23. The minimum absolute atomic E-state index is 0.629. The van der Waals surface area contributed by atoms with Gasteiger partial charge in [0.05, 0.1) is 6.61 Å². The average Bonchev–Trinajstić information content (AvgIpc) is 2.86. The normalized spacial score (nSPS) is 26.4. The molecular weight excluding hydrogens is 210 g/mol. The average molecular weight is 225 g/mol. The van der Waals surface area contributed by atoms with Crippen LogP contribution >= 0.6 is 0 Å². The monoisotopic (exact) mass is 225 g/mol. The highest BCUT2D eigenvalue weighted by atomic mass is 16.5. The van der Waals surface area contributed by atoms with Crippen LogP contribution in [0.3, 0.4) is 0 Å². The minimum atomic E-state index is 0.629. The molecule has 0 aliphatic carbocycles. The van der Waals surface area contributed by atoms with Gasteiger partial charge in [-0.2, -0.15) is 0 Å². The van der Waals surface area contributed by atoms with Crippen molar-refractivity contribution in [2.45, 2.75) is 5.92 Å². The Kier molecular flexibility index (Phi) is 1.94. The third kappa shape index (κ3) is 1.31. The van der Waals surface area contributed by atoms with Gasteiger partial charge in [-0.25, -0.2) is 0 Å². The van der Waals surface area contributed by atoms with E-state index >= 15 is 0 Å². The second-order valence-corrected chi connectivity index (χ2v) is 5.03. The van der Waals surface area contributed by atoms with E-state index in [1.165, 1.54) is 16.3 Å². The number of ether oxygens (including phenoxy) is 1. The number of benzene rings is 2. The van der Waals surface area contributed by atoms with Crippen molar-refractivity contribution in [3.8, 4) is 5.75 Å². The van der Waals surface area contributed by atoms with Gasteiger partial charge in [0.15, 0.2) is 0 Å². The number of fused-ring (bicyclic) bond motifs is 5. The summed E-state index contributed by atoms with van der Waals surface area (Å²) in [5, 5.41) is 6.18. The second-order valence-electron chi connectivity index (χ2n) is 5.03. The van der Waals surface area contributed by atoms with Gasteiger partial charge in [0.25, 0.3) is 0 Å². The number of nitrogens with one attached hydrogen (secondary N) is 1. The molecule has 4 rings (SSSR count). The van der Waals surface area contributed by atoms with Gasteiger partial charge in [-0.05, 0) is 16.8 Å². The van der Waals surface area contributed by atoms with Crippen molar-refractivity contribution >= 4 is 10.8 Å². The molecule has 0 spiro atoms. The summed E-state index contributed by atoms with van der Waals surface area (Å²) in [6, 6.07) is 12.9. The van der Waals surface area contributed by atoms with E-state index < -0.39 is 0 Å². The van der Waals surface area contributed by atoms with E-state index in [9.17, 15) is 0 Å². The van der Waals surface area contributed by atoms with Crippen molar-refractivity contribution in [1.29, 1.82) is 0 Å². The molecule has 1 saturated heterocycles. The zero-order valence-corrected chi connectivity index (χ0v) is 9.65. The second kappa shape index (κ2) is 3.47. The first-order chi connectivity index (χ1) is 8.43. The first-order valence-corrected chi connectivity index (χ1v) is 6.28. The maximum absolute atomic E-state index is 5.91. The van der Waals surface area contributed by atoms with Gasteiger partial charge in [0, 0.05) is 30.5 Å². The van der Waals surface area contributed by atoms with Crippen molar-refractivity contribution in [2.24, 2.45) is 5.92 Å². The summed E-state index contributed by atoms with van der Waals surface area (Å²) in [6.07, 6.45) is 0. The van der Waals surface area contributed by atoms with Crippen LogP contribution in [0.15, 0.2) is 36.4 Å². The Labute approximate surface area is 101 Å². The highest BCUT2D eigenvalue weighted by Crippen LogP contribution is 2.42. The van der Waals surface area contributed by atoms with E-state index in [1.54, 1.807) is 0 Å². The number of rotatable bonds is 0. The first kappa shape index (κ1) is 9.49. The lowest BCUT2D eigenvalue weighted by Crippen LogP contribution is -2.24. The molecule has 0 aromatic heterocycles. The van der Waals surface area contributed by atoms with Crippen LogP contribution in [0, 0.1) is 5.92 Å². The Morgan fingerprint density at radius 1 is 1.06 bits per heavy atom. The predicted molar refractivity (Wildman–Crippen MR) is 68.5 cm³/mol. The lowest BCUT2D eigenvalue weighted by molar-refractivity contribution is 0.221. The molecule has 17 heavy (non-hydrogen) atoms. The molecule has 0 saturated carbocycles. The van der Waals surface area contributed by atoms with Crippen molar-refractivity contribution in [3.05, 3.63) is 42.0 Å². The molecule has 86 valence electrons. The van der Waals surface area contributed by atoms with Gasteiger partial charge in [-0.15, -0.1) is 0 Å². The van der Waals surface area contributed by atoms with Crippen LogP contribution in [0.1, 0.15) is 11.5 Å². The summed E-state index contributed by atoms with van der Waals surface area (Å²) < 4.78 is 5.91.